The molecule has 94 valence electrons. The zero-order chi connectivity index (χ0) is 12.8. The molecule has 1 aliphatic carbocycles. The molecule has 2 nitrogen and oxygen atoms in total. The van der Waals surface area contributed by atoms with Gasteiger partial charge in [0.05, 0.1) is 0 Å². The molecule has 0 saturated heterocycles. The molecule has 0 bridgehead atoms. The average molecular weight is 233 g/mol. The van der Waals surface area contributed by atoms with E-state index < -0.39 is 0 Å². The Labute approximate surface area is 104 Å². The third kappa shape index (κ3) is 4.59. The molecule has 2 heteroatoms. The maximum Gasteiger partial charge on any atom is 0.129 e. The molecule has 0 fully saturated rings. The van der Waals surface area contributed by atoms with Crippen LogP contribution in [0.2, 0.25) is 0 Å². The number of hydrogen-bond acceptors (Lipinski definition) is 2. The van der Waals surface area contributed by atoms with E-state index in [4.69, 9.17) is 5.73 Å². The summed E-state index contributed by atoms with van der Waals surface area (Å²) >= 11 is 0. The average Bonchev–Trinajstić information content (AvgIpc) is 2.27. The minimum absolute atomic E-state index is 0.254. The highest BCUT2D eigenvalue weighted by Crippen LogP contribution is 2.22. The molecule has 2 N–H and O–H groups in total. The molecule has 0 aromatic carbocycles. The van der Waals surface area contributed by atoms with Crippen molar-refractivity contribution >= 4 is 5.78 Å². The second kappa shape index (κ2) is 6.43. The van der Waals surface area contributed by atoms with Gasteiger partial charge in [-0.15, -0.1) is 0 Å². The van der Waals surface area contributed by atoms with Gasteiger partial charge in [-0.25, -0.2) is 0 Å². The second-order valence-electron chi connectivity index (χ2n) is 4.95. The van der Waals surface area contributed by atoms with E-state index in [0.29, 0.717) is 12.3 Å². The number of ketones is 1. The van der Waals surface area contributed by atoms with Crippen LogP contribution in [-0.2, 0) is 4.79 Å². The second-order valence-corrected chi connectivity index (χ2v) is 4.95. The van der Waals surface area contributed by atoms with Crippen LogP contribution in [0.3, 0.4) is 0 Å². The molecule has 0 aromatic heterocycles. The predicted molar refractivity (Wildman–Crippen MR) is 72.4 cm³/mol. The third-order valence-electron chi connectivity index (χ3n) is 3.16. The van der Waals surface area contributed by atoms with Gasteiger partial charge in [0.2, 0.25) is 0 Å². The lowest BCUT2D eigenvalue weighted by molar-refractivity contribution is -0.117. The van der Waals surface area contributed by atoms with Crippen LogP contribution in [0, 0.1) is 5.92 Å². The molecule has 0 saturated carbocycles. The number of rotatable bonds is 4. The number of nitrogens with two attached hydrogens (primary N) is 1. The molecule has 1 aliphatic rings. The van der Waals surface area contributed by atoms with Crippen LogP contribution in [-0.4, -0.2) is 5.78 Å². The fourth-order valence-electron chi connectivity index (χ4n) is 1.93. The molecule has 0 aromatic rings. The van der Waals surface area contributed by atoms with Crippen molar-refractivity contribution < 1.29 is 4.79 Å². The third-order valence-corrected chi connectivity index (χ3v) is 3.16. The lowest BCUT2D eigenvalue weighted by Gasteiger charge is -2.14. The first-order chi connectivity index (χ1) is 8.00. The number of carbonyl (C=O) groups is 1. The minimum Gasteiger partial charge on any atom is -0.398 e. The fraction of sp³-hybridized carbons (Fsp3) is 0.533. The quantitative estimate of drug-likeness (QED) is 0.807. The Balaban J connectivity index is 2.73. The predicted octanol–water partition coefficient (Wildman–Crippen LogP) is 3.50. The van der Waals surface area contributed by atoms with Gasteiger partial charge >= 0.3 is 0 Å². The summed E-state index contributed by atoms with van der Waals surface area (Å²) in [4.78, 5) is 10.9. The Morgan fingerprint density at radius 2 is 2.24 bits per heavy atom. The molecule has 0 aliphatic heterocycles. The smallest absolute Gasteiger partial charge is 0.129 e. The molecule has 0 amide bonds. The van der Waals surface area contributed by atoms with Crippen LogP contribution in [0.5, 0.6) is 0 Å². The zero-order valence-electron chi connectivity index (χ0n) is 11.1. The van der Waals surface area contributed by atoms with Gasteiger partial charge in [0, 0.05) is 12.1 Å². The van der Waals surface area contributed by atoms with Crippen molar-refractivity contribution in [2.75, 3.05) is 0 Å². The summed E-state index contributed by atoms with van der Waals surface area (Å²) in [6.45, 7) is 5.89. The van der Waals surface area contributed by atoms with Gasteiger partial charge in [-0.05, 0) is 50.2 Å². The Hall–Kier alpha value is -1.31. The molecule has 1 atom stereocenters. The van der Waals surface area contributed by atoms with Crippen LogP contribution >= 0.6 is 0 Å². The van der Waals surface area contributed by atoms with Crippen molar-refractivity contribution in [1.29, 1.82) is 0 Å². The zero-order valence-corrected chi connectivity index (χ0v) is 11.1. The van der Waals surface area contributed by atoms with Crippen molar-refractivity contribution in [3.8, 4) is 0 Å². The first-order valence-corrected chi connectivity index (χ1v) is 6.34. The van der Waals surface area contributed by atoms with Crippen molar-refractivity contribution in [2.24, 2.45) is 11.7 Å². The monoisotopic (exact) mass is 233 g/mol. The highest BCUT2D eigenvalue weighted by Gasteiger charge is 2.08. The maximum atomic E-state index is 10.9. The minimum atomic E-state index is 0.254. The van der Waals surface area contributed by atoms with Crippen molar-refractivity contribution in [1.82, 2.24) is 0 Å². The number of allylic oxidation sites excluding steroid dienone is 5. The van der Waals surface area contributed by atoms with Crippen molar-refractivity contribution in [2.45, 2.75) is 46.5 Å². The van der Waals surface area contributed by atoms with Gasteiger partial charge in [0.1, 0.15) is 5.78 Å². The SMILES string of the molecule is CC(=O)CCCC1=C\CC(C)/C=C/C(C)=C\1N. The van der Waals surface area contributed by atoms with Crippen LogP contribution in [0.25, 0.3) is 0 Å². The largest absolute Gasteiger partial charge is 0.398 e. The van der Waals surface area contributed by atoms with E-state index in [1.165, 1.54) is 5.57 Å². The molecule has 0 spiro atoms. The summed E-state index contributed by atoms with van der Waals surface area (Å²) in [5.41, 5.74) is 9.35. The van der Waals surface area contributed by atoms with Crippen LogP contribution < -0.4 is 5.73 Å². The molecular formula is C15H23NO. The van der Waals surface area contributed by atoms with E-state index in [1.807, 2.05) is 6.92 Å². The van der Waals surface area contributed by atoms with E-state index in [9.17, 15) is 4.79 Å². The molecule has 1 unspecified atom stereocenters. The summed E-state index contributed by atoms with van der Waals surface area (Å²) in [7, 11) is 0. The lowest BCUT2D eigenvalue weighted by atomic mass is 9.94. The lowest BCUT2D eigenvalue weighted by Crippen LogP contribution is -2.07. The summed E-state index contributed by atoms with van der Waals surface area (Å²) in [6.07, 6.45) is 10.0. The number of carbonyl (C=O) groups excluding carboxylic acids is 1. The van der Waals surface area contributed by atoms with Gasteiger partial charge in [0.15, 0.2) is 0 Å². The van der Waals surface area contributed by atoms with Crippen LogP contribution in [0.15, 0.2) is 35.1 Å². The Bertz CT molecular complexity index is 374. The van der Waals surface area contributed by atoms with Gasteiger partial charge in [-0.2, -0.15) is 0 Å². The molecule has 17 heavy (non-hydrogen) atoms. The van der Waals surface area contributed by atoms with Gasteiger partial charge in [-0.1, -0.05) is 25.2 Å². The topological polar surface area (TPSA) is 43.1 Å². The highest BCUT2D eigenvalue weighted by atomic mass is 16.1. The molecular weight excluding hydrogens is 210 g/mol. The first kappa shape index (κ1) is 13.8. The number of hydrogen-bond donors (Lipinski definition) is 1. The Morgan fingerprint density at radius 3 is 2.88 bits per heavy atom. The van der Waals surface area contributed by atoms with Crippen molar-refractivity contribution in [3.63, 3.8) is 0 Å². The van der Waals surface area contributed by atoms with Crippen LogP contribution in [0.1, 0.15) is 46.5 Å². The van der Waals surface area contributed by atoms with E-state index >= 15 is 0 Å². The normalized spacial score (nSPS) is 30.1. The molecule has 1 rings (SSSR count). The van der Waals surface area contributed by atoms with E-state index in [2.05, 4.69) is 25.2 Å². The first-order valence-electron chi connectivity index (χ1n) is 6.34. The highest BCUT2D eigenvalue weighted by molar-refractivity contribution is 5.75. The Morgan fingerprint density at radius 1 is 1.53 bits per heavy atom. The van der Waals surface area contributed by atoms with Gasteiger partial charge in [0.25, 0.3) is 0 Å². The standard InChI is InChI=1S/C15H23NO/c1-11-7-9-12(2)15(16)14(10-8-11)6-4-5-13(3)17/h7,9-11H,4-6,8,16H2,1-3H3/b9-7+,14-10+,15-12+. The Kier molecular flexibility index (Phi) is 5.20. The van der Waals surface area contributed by atoms with E-state index in [0.717, 1.165) is 30.5 Å². The molecule has 0 heterocycles. The summed E-state index contributed by atoms with van der Waals surface area (Å²) < 4.78 is 0. The van der Waals surface area contributed by atoms with E-state index in [1.54, 1.807) is 6.92 Å². The van der Waals surface area contributed by atoms with E-state index in [-0.39, 0.29) is 5.78 Å². The van der Waals surface area contributed by atoms with Crippen LogP contribution in [0.4, 0.5) is 0 Å². The van der Waals surface area contributed by atoms with Gasteiger partial charge in [-0.3, -0.25) is 0 Å². The fourth-order valence-corrected chi connectivity index (χ4v) is 1.93. The molecule has 0 radical (unpaired) electrons. The van der Waals surface area contributed by atoms with Crippen molar-refractivity contribution in [3.05, 3.63) is 35.1 Å². The number of Topliss-reactive ketones (excluding diaryl/α,β-unsaturated/α-hetero) is 1. The summed E-state index contributed by atoms with van der Waals surface area (Å²) in [5, 5.41) is 0. The summed E-state index contributed by atoms with van der Waals surface area (Å²) in [5.74, 6) is 0.810. The van der Waals surface area contributed by atoms with Gasteiger partial charge < -0.3 is 10.5 Å². The maximum absolute atomic E-state index is 10.9. The summed E-state index contributed by atoms with van der Waals surface area (Å²) in [6, 6.07) is 0.